The quantitative estimate of drug-likeness (QED) is 0.877. The average molecular weight is 311 g/mol. The Kier molecular flexibility index (Phi) is 3.78. The Morgan fingerprint density at radius 2 is 1.95 bits per heavy atom. The largest absolute Gasteiger partial charge is 0.416 e. The summed E-state index contributed by atoms with van der Waals surface area (Å²) in [5, 5.41) is 0. The van der Waals surface area contributed by atoms with Crippen molar-refractivity contribution in [3.8, 4) is 0 Å². The molecule has 1 unspecified atom stereocenters. The highest BCUT2D eigenvalue weighted by Crippen LogP contribution is 2.36. The van der Waals surface area contributed by atoms with Crippen LogP contribution in [-0.4, -0.2) is 16.8 Å². The van der Waals surface area contributed by atoms with Crippen molar-refractivity contribution in [3.05, 3.63) is 53.4 Å². The number of nitrogens with two attached hydrogens (primary N) is 2. The molecule has 8 heteroatoms. The molecule has 1 aliphatic rings. The van der Waals surface area contributed by atoms with Crippen LogP contribution in [0.1, 0.15) is 17.7 Å². The van der Waals surface area contributed by atoms with Gasteiger partial charge in [0.1, 0.15) is 5.41 Å². The maximum absolute atomic E-state index is 12.8. The first kappa shape index (κ1) is 15.7. The maximum Gasteiger partial charge on any atom is 0.416 e. The van der Waals surface area contributed by atoms with Gasteiger partial charge in [-0.05, 0) is 18.6 Å². The molecule has 1 aromatic rings. The lowest BCUT2D eigenvalue weighted by Crippen LogP contribution is -2.41. The Balaban J connectivity index is 2.50. The van der Waals surface area contributed by atoms with E-state index in [1.54, 1.807) is 0 Å². The number of allylic oxidation sites excluding steroid dienone is 1. The molecule has 5 nitrogen and oxygen atoms in total. The minimum absolute atomic E-state index is 0.0918. The van der Waals surface area contributed by atoms with E-state index in [0.717, 1.165) is 18.3 Å². The van der Waals surface area contributed by atoms with E-state index in [9.17, 15) is 22.8 Å². The number of alkyl halides is 3. The zero-order valence-corrected chi connectivity index (χ0v) is 11.2. The van der Waals surface area contributed by atoms with Gasteiger partial charge in [0.2, 0.25) is 11.8 Å². The van der Waals surface area contributed by atoms with Crippen LogP contribution in [0.2, 0.25) is 0 Å². The Bertz CT molecular complexity index is 695. The minimum Gasteiger partial charge on any atom is -0.369 e. The van der Waals surface area contributed by atoms with E-state index in [0.29, 0.717) is 0 Å². The summed E-state index contributed by atoms with van der Waals surface area (Å²) in [7, 11) is 0. The van der Waals surface area contributed by atoms with E-state index in [1.165, 1.54) is 18.2 Å². The molecule has 0 saturated heterocycles. The molecular weight excluding hydrogens is 299 g/mol. The summed E-state index contributed by atoms with van der Waals surface area (Å²) >= 11 is 0. The molecule has 0 saturated carbocycles. The number of halogens is 3. The molecule has 1 aromatic heterocycles. The Morgan fingerprint density at radius 3 is 2.41 bits per heavy atom. The van der Waals surface area contributed by atoms with Gasteiger partial charge in [-0.1, -0.05) is 18.2 Å². The first-order chi connectivity index (χ1) is 10.2. The molecule has 0 radical (unpaired) electrons. The van der Waals surface area contributed by atoms with Gasteiger partial charge in [0.25, 0.3) is 0 Å². The minimum atomic E-state index is -4.57. The van der Waals surface area contributed by atoms with Crippen molar-refractivity contribution in [2.75, 3.05) is 0 Å². The van der Waals surface area contributed by atoms with Gasteiger partial charge >= 0.3 is 6.18 Å². The van der Waals surface area contributed by atoms with Gasteiger partial charge in [-0.3, -0.25) is 14.6 Å². The second kappa shape index (κ2) is 5.28. The smallest absolute Gasteiger partial charge is 0.369 e. The number of pyridine rings is 1. The van der Waals surface area contributed by atoms with Crippen LogP contribution in [0.25, 0.3) is 0 Å². The SMILES string of the molecule is NC(=O)C1=CCC(C(N)=O)(c2cc(C(F)(F)F)ccn2)C=C1. The van der Waals surface area contributed by atoms with Crippen LogP contribution in [0.5, 0.6) is 0 Å². The van der Waals surface area contributed by atoms with E-state index >= 15 is 0 Å². The number of carbonyl (C=O) groups excluding carboxylic acids is 2. The number of aromatic nitrogens is 1. The fourth-order valence-electron chi connectivity index (χ4n) is 2.17. The average Bonchev–Trinajstić information content (AvgIpc) is 2.46. The molecule has 4 N–H and O–H groups in total. The van der Waals surface area contributed by atoms with Crippen LogP contribution in [0, 0.1) is 0 Å². The van der Waals surface area contributed by atoms with Gasteiger partial charge in [-0.2, -0.15) is 13.2 Å². The van der Waals surface area contributed by atoms with Crippen LogP contribution in [-0.2, 0) is 21.2 Å². The summed E-state index contributed by atoms with van der Waals surface area (Å²) in [5.74, 6) is -1.57. The Labute approximate surface area is 123 Å². The van der Waals surface area contributed by atoms with E-state index in [2.05, 4.69) is 4.98 Å². The predicted octanol–water partition coefficient (Wildman–Crippen LogP) is 1.20. The van der Waals surface area contributed by atoms with E-state index in [-0.39, 0.29) is 17.7 Å². The monoisotopic (exact) mass is 311 g/mol. The lowest BCUT2D eigenvalue weighted by molar-refractivity contribution is -0.138. The number of amides is 2. The molecule has 116 valence electrons. The van der Waals surface area contributed by atoms with Crippen LogP contribution in [0.4, 0.5) is 13.2 Å². The molecule has 0 fully saturated rings. The molecular formula is C14H12F3N3O2. The molecule has 0 aliphatic heterocycles. The number of nitrogens with zero attached hydrogens (tertiary/aromatic N) is 1. The van der Waals surface area contributed by atoms with Crippen molar-refractivity contribution in [2.24, 2.45) is 11.5 Å². The van der Waals surface area contributed by atoms with Gasteiger partial charge in [-0.15, -0.1) is 0 Å². The highest BCUT2D eigenvalue weighted by molar-refractivity contribution is 5.97. The third-order valence-electron chi connectivity index (χ3n) is 3.46. The summed E-state index contributed by atoms with van der Waals surface area (Å²) in [4.78, 5) is 26.7. The lowest BCUT2D eigenvalue weighted by Gasteiger charge is -2.28. The predicted molar refractivity (Wildman–Crippen MR) is 71.1 cm³/mol. The lowest BCUT2D eigenvalue weighted by atomic mass is 9.76. The third-order valence-corrected chi connectivity index (χ3v) is 3.46. The number of carbonyl (C=O) groups is 2. The summed E-state index contributed by atoms with van der Waals surface area (Å²) < 4.78 is 38.4. The van der Waals surface area contributed by atoms with Crippen molar-refractivity contribution in [1.29, 1.82) is 0 Å². The highest BCUT2D eigenvalue weighted by Gasteiger charge is 2.40. The standard InChI is InChI=1S/C14H12F3N3O2/c15-14(16,17)9-3-6-20-10(7-9)13(12(19)22)4-1-8(2-5-13)11(18)21/h1-4,6-7H,5H2,(H2,18,21)(H2,19,22). The Morgan fingerprint density at radius 1 is 1.27 bits per heavy atom. The van der Waals surface area contributed by atoms with Gasteiger partial charge in [0, 0.05) is 11.8 Å². The van der Waals surface area contributed by atoms with E-state index in [1.807, 2.05) is 0 Å². The van der Waals surface area contributed by atoms with Gasteiger partial charge in [-0.25, -0.2) is 0 Å². The second-order valence-corrected chi connectivity index (χ2v) is 4.82. The molecule has 1 aliphatic carbocycles. The van der Waals surface area contributed by atoms with Gasteiger partial charge < -0.3 is 11.5 Å². The van der Waals surface area contributed by atoms with Crippen LogP contribution in [0.15, 0.2) is 42.1 Å². The molecule has 1 heterocycles. The topological polar surface area (TPSA) is 99.1 Å². The molecule has 1 atom stereocenters. The van der Waals surface area contributed by atoms with Crippen LogP contribution < -0.4 is 11.5 Å². The molecule has 2 rings (SSSR count). The maximum atomic E-state index is 12.8. The van der Waals surface area contributed by atoms with Crippen molar-refractivity contribution in [2.45, 2.75) is 18.0 Å². The normalized spacial score (nSPS) is 21.3. The van der Waals surface area contributed by atoms with Crippen LogP contribution in [0.3, 0.4) is 0 Å². The summed E-state index contributed by atoms with van der Waals surface area (Å²) in [6.45, 7) is 0. The first-order valence-corrected chi connectivity index (χ1v) is 6.19. The zero-order valence-electron chi connectivity index (χ0n) is 11.2. The van der Waals surface area contributed by atoms with Crippen molar-refractivity contribution >= 4 is 11.8 Å². The fourth-order valence-corrected chi connectivity index (χ4v) is 2.17. The second-order valence-electron chi connectivity index (χ2n) is 4.82. The highest BCUT2D eigenvalue weighted by atomic mass is 19.4. The summed E-state index contributed by atoms with van der Waals surface area (Å²) in [6, 6.07) is 1.58. The number of rotatable bonds is 3. The summed E-state index contributed by atoms with van der Waals surface area (Å²) in [5.41, 5.74) is 8.02. The van der Waals surface area contributed by atoms with Crippen molar-refractivity contribution < 1.29 is 22.8 Å². The first-order valence-electron chi connectivity index (χ1n) is 6.19. The van der Waals surface area contributed by atoms with E-state index < -0.39 is 29.0 Å². The van der Waals surface area contributed by atoms with Crippen molar-refractivity contribution in [1.82, 2.24) is 4.98 Å². The number of hydrogen-bond donors (Lipinski definition) is 2. The molecule has 22 heavy (non-hydrogen) atoms. The van der Waals surface area contributed by atoms with Gasteiger partial charge in [0.15, 0.2) is 0 Å². The zero-order chi connectivity index (χ0) is 16.5. The molecule has 0 aromatic carbocycles. The molecule has 0 spiro atoms. The van der Waals surface area contributed by atoms with Crippen LogP contribution >= 0.6 is 0 Å². The van der Waals surface area contributed by atoms with E-state index in [4.69, 9.17) is 11.5 Å². The molecule has 0 bridgehead atoms. The number of primary amides is 2. The summed E-state index contributed by atoms with van der Waals surface area (Å²) in [6.07, 6.45) is 0.185. The van der Waals surface area contributed by atoms with Crippen molar-refractivity contribution in [3.63, 3.8) is 0 Å². The van der Waals surface area contributed by atoms with Gasteiger partial charge in [0.05, 0.1) is 11.3 Å². The molecule has 2 amide bonds. The number of hydrogen-bond acceptors (Lipinski definition) is 3. The fraction of sp³-hybridized carbons (Fsp3) is 0.214. The third kappa shape index (κ3) is 2.72. The Hall–Kier alpha value is -2.64.